The molecule has 1 rings (SSSR count). The van der Waals surface area contributed by atoms with Gasteiger partial charge in [-0.15, -0.1) is 0 Å². The van der Waals surface area contributed by atoms with Gasteiger partial charge in [0.15, 0.2) is 0 Å². The van der Waals surface area contributed by atoms with Crippen molar-refractivity contribution in [1.82, 2.24) is 4.98 Å². The molecule has 1 aromatic rings. The van der Waals surface area contributed by atoms with Crippen molar-refractivity contribution in [1.29, 1.82) is 5.26 Å². The van der Waals surface area contributed by atoms with Crippen LogP contribution >= 0.6 is 34.2 Å². The third-order valence-corrected chi connectivity index (χ3v) is 2.30. The van der Waals surface area contributed by atoms with E-state index in [0.717, 1.165) is 0 Å². The van der Waals surface area contributed by atoms with Gasteiger partial charge in [0.1, 0.15) is 15.5 Å². The summed E-state index contributed by atoms with van der Waals surface area (Å²) in [6.07, 6.45) is -2.91. The summed E-state index contributed by atoms with van der Waals surface area (Å²) in [6, 6.07) is 2.70. The molecule has 78 valence electrons. The number of nitriles is 1. The molecule has 0 saturated carbocycles. The predicted octanol–water partition coefficient (Wildman–Crippen LogP) is 2.87. The Bertz CT molecular complexity index is 459. The van der Waals surface area contributed by atoms with Crippen LogP contribution in [0.5, 0.6) is 0 Å². The van der Waals surface area contributed by atoms with E-state index in [9.17, 15) is 13.6 Å². The molecule has 15 heavy (non-hydrogen) atoms. The summed E-state index contributed by atoms with van der Waals surface area (Å²) in [6.45, 7) is 0. The van der Waals surface area contributed by atoms with E-state index in [1.165, 1.54) is 12.1 Å². The van der Waals surface area contributed by atoms with Crippen LogP contribution in [0.1, 0.15) is 28.0 Å². The SMILES string of the molecule is N#Cc1c(C(=O)Cl)cc(I)nc1C(F)F. The molecule has 0 spiro atoms. The number of aromatic nitrogens is 1. The first-order valence-electron chi connectivity index (χ1n) is 3.56. The zero-order valence-electron chi connectivity index (χ0n) is 6.97. The number of rotatable bonds is 2. The highest BCUT2D eigenvalue weighted by molar-refractivity contribution is 14.1. The fraction of sp³-hybridized carbons (Fsp3) is 0.125. The minimum atomic E-state index is -2.91. The van der Waals surface area contributed by atoms with Crippen LogP contribution in [0.25, 0.3) is 0 Å². The lowest BCUT2D eigenvalue weighted by Gasteiger charge is -2.05. The standard InChI is InChI=1S/C8H2ClF2IN2O/c9-7(15)3-1-5(12)14-6(8(10)11)4(3)2-13/h1,8H. The number of nitrogens with zero attached hydrogens (tertiary/aromatic N) is 2. The Hall–Kier alpha value is -0.810. The van der Waals surface area contributed by atoms with Crippen LogP contribution in [-0.4, -0.2) is 10.2 Å². The monoisotopic (exact) mass is 342 g/mol. The molecule has 7 heteroatoms. The molecule has 0 aliphatic rings. The van der Waals surface area contributed by atoms with E-state index in [-0.39, 0.29) is 9.26 Å². The van der Waals surface area contributed by atoms with Crippen LogP contribution in [0.2, 0.25) is 0 Å². The van der Waals surface area contributed by atoms with Gasteiger partial charge in [-0.05, 0) is 40.3 Å². The summed E-state index contributed by atoms with van der Waals surface area (Å²) in [5, 5.41) is 7.70. The molecule has 0 fully saturated rings. The molecule has 0 N–H and O–H groups in total. The zero-order valence-corrected chi connectivity index (χ0v) is 9.88. The zero-order chi connectivity index (χ0) is 11.6. The summed E-state index contributed by atoms with van der Waals surface area (Å²) < 4.78 is 25.1. The van der Waals surface area contributed by atoms with Crippen molar-refractivity contribution >= 4 is 39.4 Å². The Morgan fingerprint density at radius 1 is 1.67 bits per heavy atom. The van der Waals surface area contributed by atoms with Gasteiger partial charge in [-0.25, -0.2) is 13.8 Å². The molecular formula is C8H2ClF2IN2O. The summed E-state index contributed by atoms with van der Waals surface area (Å²) in [4.78, 5) is 14.4. The van der Waals surface area contributed by atoms with E-state index < -0.39 is 22.9 Å². The quantitative estimate of drug-likeness (QED) is 0.472. The molecule has 3 nitrogen and oxygen atoms in total. The molecule has 1 heterocycles. The van der Waals surface area contributed by atoms with E-state index in [1.54, 1.807) is 22.6 Å². The van der Waals surface area contributed by atoms with Crippen LogP contribution < -0.4 is 0 Å². The van der Waals surface area contributed by atoms with Gasteiger partial charge >= 0.3 is 0 Å². The van der Waals surface area contributed by atoms with Gasteiger partial charge in [-0.1, -0.05) is 0 Å². The van der Waals surface area contributed by atoms with Crippen LogP contribution in [0.3, 0.4) is 0 Å². The minimum absolute atomic E-state index is 0.186. The number of alkyl halides is 2. The van der Waals surface area contributed by atoms with Crippen molar-refractivity contribution < 1.29 is 13.6 Å². The molecular weight excluding hydrogens is 340 g/mol. The summed E-state index contributed by atoms with van der Waals surface area (Å²) in [5.41, 5.74) is -1.42. The summed E-state index contributed by atoms with van der Waals surface area (Å²) in [5.74, 6) is 0. The maximum absolute atomic E-state index is 12.5. The third-order valence-electron chi connectivity index (χ3n) is 1.55. The molecule has 0 saturated heterocycles. The number of carbonyl (C=O) groups is 1. The average Bonchev–Trinajstić information content (AvgIpc) is 2.16. The van der Waals surface area contributed by atoms with E-state index in [1.807, 2.05) is 0 Å². The van der Waals surface area contributed by atoms with Crippen LogP contribution in [0, 0.1) is 15.0 Å². The second-order valence-electron chi connectivity index (χ2n) is 2.44. The van der Waals surface area contributed by atoms with Gasteiger partial charge < -0.3 is 0 Å². The van der Waals surface area contributed by atoms with Gasteiger partial charge in [0.2, 0.25) is 0 Å². The molecule has 0 aliphatic heterocycles. The van der Waals surface area contributed by atoms with Crippen LogP contribution in [0.15, 0.2) is 6.07 Å². The first-order chi connectivity index (χ1) is 6.97. The molecule has 0 radical (unpaired) electrons. The molecule has 0 aromatic carbocycles. The first kappa shape index (κ1) is 12.3. The lowest BCUT2D eigenvalue weighted by atomic mass is 10.1. The van der Waals surface area contributed by atoms with E-state index in [0.29, 0.717) is 0 Å². The highest BCUT2D eigenvalue weighted by Crippen LogP contribution is 2.25. The van der Waals surface area contributed by atoms with Crippen molar-refractivity contribution in [2.75, 3.05) is 0 Å². The lowest BCUT2D eigenvalue weighted by molar-refractivity contribution is 0.108. The van der Waals surface area contributed by atoms with E-state index >= 15 is 0 Å². The number of pyridine rings is 1. The number of hydrogen-bond acceptors (Lipinski definition) is 3. The molecule has 1 aromatic heterocycles. The Morgan fingerprint density at radius 2 is 2.27 bits per heavy atom. The van der Waals surface area contributed by atoms with Gasteiger partial charge in [0.25, 0.3) is 11.7 Å². The normalized spacial score (nSPS) is 10.1. The van der Waals surface area contributed by atoms with Crippen LogP contribution in [-0.2, 0) is 0 Å². The Morgan fingerprint density at radius 3 is 2.67 bits per heavy atom. The smallest absolute Gasteiger partial charge is 0.276 e. The Balaban J connectivity index is 3.54. The lowest BCUT2D eigenvalue weighted by Crippen LogP contribution is -2.04. The highest BCUT2D eigenvalue weighted by atomic mass is 127. The van der Waals surface area contributed by atoms with Crippen molar-refractivity contribution in [3.05, 3.63) is 26.6 Å². The van der Waals surface area contributed by atoms with E-state index in [2.05, 4.69) is 4.98 Å². The Labute approximate surface area is 102 Å². The van der Waals surface area contributed by atoms with Gasteiger partial charge in [0, 0.05) is 0 Å². The van der Waals surface area contributed by atoms with Crippen molar-refractivity contribution in [3.63, 3.8) is 0 Å². The molecule has 0 aliphatic carbocycles. The largest absolute Gasteiger partial charge is 0.281 e. The van der Waals surface area contributed by atoms with Gasteiger partial charge in [-0.2, -0.15) is 5.26 Å². The number of halogens is 4. The Kier molecular flexibility index (Phi) is 3.93. The first-order valence-corrected chi connectivity index (χ1v) is 5.01. The molecule has 0 atom stereocenters. The maximum atomic E-state index is 12.5. The molecule has 0 unspecified atom stereocenters. The summed E-state index contributed by atoms with van der Waals surface area (Å²) >= 11 is 6.84. The van der Waals surface area contributed by atoms with Gasteiger partial charge in [0.05, 0.1) is 11.1 Å². The topological polar surface area (TPSA) is 53.8 Å². The van der Waals surface area contributed by atoms with Crippen LogP contribution in [0.4, 0.5) is 8.78 Å². The van der Waals surface area contributed by atoms with Crippen molar-refractivity contribution in [3.8, 4) is 6.07 Å². The highest BCUT2D eigenvalue weighted by Gasteiger charge is 2.21. The number of carbonyl (C=O) groups excluding carboxylic acids is 1. The number of hydrogen-bond donors (Lipinski definition) is 0. The minimum Gasteiger partial charge on any atom is -0.276 e. The fourth-order valence-corrected chi connectivity index (χ4v) is 1.68. The summed E-state index contributed by atoms with van der Waals surface area (Å²) in [7, 11) is 0. The molecule has 0 bridgehead atoms. The predicted molar refractivity (Wildman–Crippen MR) is 56.8 cm³/mol. The van der Waals surface area contributed by atoms with Gasteiger partial charge in [-0.3, -0.25) is 4.79 Å². The average molecular weight is 342 g/mol. The fourth-order valence-electron chi connectivity index (χ4n) is 0.963. The molecule has 0 amide bonds. The third kappa shape index (κ3) is 2.60. The second kappa shape index (κ2) is 4.81. The second-order valence-corrected chi connectivity index (χ2v) is 3.89. The maximum Gasteiger partial charge on any atom is 0.281 e. The van der Waals surface area contributed by atoms with Crippen molar-refractivity contribution in [2.24, 2.45) is 0 Å². The van der Waals surface area contributed by atoms with Crippen molar-refractivity contribution in [2.45, 2.75) is 6.43 Å². The van der Waals surface area contributed by atoms with E-state index in [4.69, 9.17) is 16.9 Å².